The summed E-state index contributed by atoms with van der Waals surface area (Å²) in [6.45, 7) is 16.9. The molecule has 1 aliphatic carbocycles. The van der Waals surface area contributed by atoms with Crippen molar-refractivity contribution in [2.45, 2.75) is 60.8 Å². The van der Waals surface area contributed by atoms with E-state index in [9.17, 15) is 5.11 Å². The zero-order valence-corrected chi connectivity index (χ0v) is 22.7. The molecule has 0 saturated carbocycles. The van der Waals surface area contributed by atoms with E-state index < -0.39 is 0 Å². The predicted molar refractivity (Wildman–Crippen MR) is 124 cm³/mol. The van der Waals surface area contributed by atoms with Crippen LogP contribution >= 0.6 is 24.8 Å². The normalized spacial score (nSPS) is 15.0. The quantitative estimate of drug-likeness (QED) is 0.391. The number of methoxy groups -OCH3 is 1. The Morgan fingerprint density at radius 2 is 1.61 bits per heavy atom. The first-order valence-corrected chi connectivity index (χ1v) is 10.0. The monoisotopic (exact) mass is 476 g/mol. The molecule has 0 fully saturated rings. The number of benzene rings is 1. The van der Waals surface area contributed by atoms with Crippen molar-refractivity contribution >= 4 is 38.9 Å². The van der Waals surface area contributed by atoms with Crippen LogP contribution < -0.4 is 4.74 Å². The van der Waals surface area contributed by atoms with E-state index in [4.69, 9.17) is 4.74 Å². The molecule has 0 spiro atoms. The number of allylic oxidation sites excluding steroid dienone is 4. The summed E-state index contributed by atoms with van der Waals surface area (Å²) in [6.07, 6.45) is 3.27. The van der Waals surface area contributed by atoms with Gasteiger partial charge in [-0.2, -0.15) is 5.57 Å². The van der Waals surface area contributed by atoms with Crippen molar-refractivity contribution in [3.05, 3.63) is 46.2 Å². The molecule has 28 heavy (non-hydrogen) atoms. The maximum Gasteiger partial charge on any atom is -0.147 e. The van der Waals surface area contributed by atoms with Crippen LogP contribution in [0.2, 0.25) is 0 Å². The summed E-state index contributed by atoms with van der Waals surface area (Å²) in [6, 6.07) is 5.32. The molecule has 1 aromatic carbocycles. The molecule has 0 bridgehead atoms. The molecule has 1 aliphatic rings. The van der Waals surface area contributed by atoms with Crippen LogP contribution in [0.5, 0.6) is 11.5 Å². The zero-order valence-electron chi connectivity index (χ0n) is 18.5. The number of ether oxygens (including phenoxy) is 1. The van der Waals surface area contributed by atoms with Gasteiger partial charge in [0.25, 0.3) is 0 Å². The smallest absolute Gasteiger partial charge is 0.147 e. The van der Waals surface area contributed by atoms with Gasteiger partial charge in [-0.25, -0.2) is 10.8 Å². The van der Waals surface area contributed by atoms with Crippen molar-refractivity contribution in [1.29, 1.82) is 0 Å². The third-order valence-electron chi connectivity index (χ3n) is 3.97. The second kappa shape index (κ2) is 14.6. The largest absolute Gasteiger partial charge is 0.147 e. The van der Waals surface area contributed by atoms with Crippen LogP contribution in [0.25, 0.3) is 0 Å². The molecule has 2 rings (SSSR count). The third-order valence-corrected chi connectivity index (χ3v) is 4.49. The van der Waals surface area contributed by atoms with Gasteiger partial charge in [-0.05, 0) is 23.1 Å². The molecule has 0 aliphatic heterocycles. The molecular formula is C22H34Cl2O2SiTi. The molecule has 156 valence electrons. The number of hydrogen-bond acceptors (Lipinski definition) is 2. The summed E-state index contributed by atoms with van der Waals surface area (Å²) in [5.41, 5.74) is 3.88. The molecule has 1 atom stereocenters. The second-order valence-electron chi connectivity index (χ2n) is 7.72. The van der Waals surface area contributed by atoms with Crippen LogP contribution in [0.4, 0.5) is 0 Å². The SMILES string of the molecule is CC1=C(C)C(C)[C-]=C1[Si].COc1cc(O)cc(C(C)(C)C)c1.C[C](C)=[Ti+].Cl.Cl. The summed E-state index contributed by atoms with van der Waals surface area (Å²) in [4.78, 5) is 0. The molecule has 0 saturated heterocycles. The number of phenols is 1. The van der Waals surface area contributed by atoms with E-state index in [-0.39, 0.29) is 36.0 Å². The number of rotatable bonds is 1. The third kappa shape index (κ3) is 12.3. The molecule has 0 amide bonds. The van der Waals surface area contributed by atoms with Gasteiger partial charge in [0.05, 0.1) is 7.11 Å². The van der Waals surface area contributed by atoms with E-state index in [1.54, 1.807) is 19.2 Å². The Hall–Kier alpha value is -0.319. The summed E-state index contributed by atoms with van der Waals surface area (Å²) in [5, 5.41) is 10.5. The van der Waals surface area contributed by atoms with Crippen molar-refractivity contribution < 1.29 is 29.8 Å². The van der Waals surface area contributed by atoms with Crippen molar-refractivity contribution in [3.8, 4) is 11.5 Å². The first kappa shape index (κ1) is 32.3. The van der Waals surface area contributed by atoms with Crippen LogP contribution in [0, 0.1) is 12.0 Å². The summed E-state index contributed by atoms with van der Waals surface area (Å²) in [5.74, 6) is 1.46. The minimum Gasteiger partial charge on any atom is -0.147 e. The Morgan fingerprint density at radius 1 is 1.14 bits per heavy atom. The Bertz CT molecular complexity index is 688. The van der Waals surface area contributed by atoms with Gasteiger partial charge >= 0.3 is 37.6 Å². The molecule has 0 aromatic heterocycles. The van der Waals surface area contributed by atoms with Gasteiger partial charge in [0.1, 0.15) is 11.5 Å². The number of hydrogen-bond donors (Lipinski definition) is 1. The van der Waals surface area contributed by atoms with Crippen molar-refractivity contribution in [3.63, 3.8) is 0 Å². The standard InChI is InChI=1S/C11H16O2.C8H10Si.C3H6.2ClH.Ti/c1-11(2,3)8-5-9(12)7-10(6-8)13-4;1-5-4-8(9)7(3)6(5)2;1-3-2;;;/h5-7,12H,1-4H3;5H,1-3H3;1-2H3;2*1H;/q;-1;;;;+1. The first-order chi connectivity index (χ1) is 11.8. The fourth-order valence-corrected chi connectivity index (χ4v) is 2.50. The molecular weight excluding hydrogens is 443 g/mol. The van der Waals surface area contributed by atoms with Gasteiger partial charge in [-0.1, -0.05) is 40.5 Å². The molecule has 0 heterocycles. The topological polar surface area (TPSA) is 29.5 Å². The Kier molecular flexibility index (Phi) is 16.9. The van der Waals surface area contributed by atoms with Crippen LogP contribution in [-0.4, -0.2) is 26.3 Å². The molecule has 6 heteroatoms. The molecule has 1 N–H and O–H groups in total. The van der Waals surface area contributed by atoms with Crippen LogP contribution in [0.15, 0.2) is 34.5 Å². The van der Waals surface area contributed by atoms with Gasteiger partial charge in [-0.3, -0.25) is 6.08 Å². The predicted octanol–water partition coefficient (Wildman–Crippen LogP) is 6.12. The van der Waals surface area contributed by atoms with E-state index in [1.807, 2.05) is 6.07 Å². The van der Waals surface area contributed by atoms with E-state index in [2.05, 4.69) is 91.7 Å². The number of phenolic OH excluding ortho intramolecular Hbond substituents is 1. The fourth-order valence-electron chi connectivity index (χ4n) is 2.09. The average Bonchev–Trinajstić information content (AvgIpc) is 2.72. The van der Waals surface area contributed by atoms with Gasteiger partial charge in [0, 0.05) is 16.3 Å². The molecule has 1 aromatic rings. The molecule has 3 radical (unpaired) electrons. The van der Waals surface area contributed by atoms with Crippen molar-refractivity contribution in [1.82, 2.24) is 0 Å². The van der Waals surface area contributed by atoms with E-state index in [1.165, 1.54) is 15.0 Å². The Balaban J connectivity index is -0.000000366. The van der Waals surface area contributed by atoms with Gasteiger partial charge < -0.3 is 9.84 Å². The first-order valence-electron chi connectivity index (χ1n) is 8.72. The Labute approximate surface area is 199 Å². The number of aromatic hydroxyl groups is 1. The van der Waals surface area contributed by atoms with Crippen LogP contribution in [0.1, 0.15) is 61.0 Å². The van der Waals surface area contributed by atoms with Crippen LogP contribution in [0.3, 0.4) is 0 Å². The van der Waals surface area contributed by atoms with Gasteiger partial charge in [-0.15, -0.1) is 31.7 Å². The van der Waals surface area contributed by atoms with E-state index in [0.717, 1.165) is 10.8 Å². The average molecular weight is 477 g/mol. The molecule has 2 nitrogen and oxygen atoms in total. The summed E-state index contributed by atoms with van der Waals surface area (Å²) < 4.78 is 6.49. The minimum atomic E-state index is 0. The van der Waals surface area contributed by atoms with E-state index in [0.29, 0.717) is 11.7 Å². The van der Waals surface area contributed by atoms with Crippen LogP contribution in [-0.2, 0) is 25.4 Å². The zero-order chi connectivity index (χ0) is 20.7. The maximum absolute atomic E-state index is 9.41. The van der Waals surface area contributed by atoms with Crippen molar-refractivity contribution in [2.24, 2.45) is 5.92 Å². The minimum absolute atomic E-state index is 0. The van der Waals surface area contributed by atoms with Gasteiger partial charge in [0.2, 0.25) is 0 Å². The summed E-state index contributed by atoms with van der Waals surface area (Å²) in [7, 11) is 5.08. The number of halogens is 2. The fraction of sp³-hybridized carbons (Fsp3) is 0.500. The van der Waals surface area contributed by atoms with E-state index >= 15 is 0 Å². The summed E-state index contributed by atoms with van der Waals surface area (Å²) >= 11 is 2.08. The second-order valence-corrected chi connectivity index (χ2v) is 9.78. The maximum atomic E-state index is 9.41. The van der Waals surface area contributed by atoms with Gasteiger partial charge in [0.15, 0.2) is 0 Å². The van der Waals surface area contributed by atoms with Crippen molar-refractivity contribution in [2.75, 3.05) is 7.11 Å². The Morgan fingerprint density at radius 3 is 1.86 bits per heavy atom. The molecule has 1 unspecified atom stereocenters.